The van der Waals surface area contributed by atoms with Crippen molar-refractivity contribution in [1.82, 2.24) is 19.9 Å². The van der Waals surface area contributed by atoms with E-state index in [0.29, 0.717) is 22.8 Å². The molecule has 3 aromatic rings. The number of aromatic amines is 1. The number of benzene rings is 1. The zero-order chi connectivity index (χ0) is 19.2. The van der Waals surface area contributed by atoms with Gasteiger partial charge in [0.2, 0.25) is 15.9 Å². The zero-order valence-corrected chi connectivity index (χ0v) is 15.7. The Morgan fingerprint density at radius 3 is 2.67 bits per heavy atom. The van der Waals surface area contributed by atoms with Crippen LogP contribution in [0, 0.1) is 19.7 Å². The lowest BCUT2D eigenvalue weighted by molar-refractivity contribution is 0.506. The molecule has 0 aliphatic heterocycles. The van der Waals surface area contributed by atoms with Crippen molar-refractivity contribution in [1.29, 1.82) is 0 Å². The monoisotopic (exact) mass is 390 g/mol. The molecule has 1 fully saturated rings. The van der Waals surface area contributed by atoms with E-state index < -0.39 is 15.8 Å². The molecule has 1 aliphatic rings. The van der Waals surface area contributed by atoms with Crippen molar-refractivity contribution in [3.63, 3.8) is 0 Å². The zero-order valence-electron chi connectivity index (χ0n) is 14.9. The number of halogens is 1. The van der Waals surface area contributed by atoms with Crippen LogP contribution in [0.4, 0.5) is 4.39 Å². The van der Waals surface area contributed by atoms with Crippen LogP contribution < -0.4 is 4.72 Å². The highest BCUT2D eigenvalue weighted by Crippen LogP contribution is 2.41. The number of sulfonamides is 1. The van der Waals surface area contributed by atoms with Crippen LogP contribution in [-0.2, 0) is 16.6 Å². The predicted molar refractivity (Wildman–Crippen MR) is 96.0 cm³/mol. The first-order valence-corrected chi connectivity index (χ1v) is 10.1. The van der Waals surface area contributed by atoms with Crippen LogP contribution in [0.25, 0.3) is 11.5 Å². The maximum atomic E-state index is 13.8. The highest BCUT2D eigenvalue weighted by Gasteiger charge is 2.33. The Kier molecular flexibility index (Phi) is 4.35. The van der Waals surface area contributed by atoms with Gasteiger partial charge in [-0.3, -0.25) is 0 Å². The molecule has 0 radical (unpaired) electrons. The minimum atomic E-state index is -3.93. The van der Waals surface area contributed by atoms with Gasteiger partial charge in [0.1, 0.15) is 10.7 Å². The van der Waals surface area contributed by atoms with E-state index in [1.807, 2.05) is 0 Å². The molecule has 142 valence electrons. The van der Waals surface area contributed by atoms with Gasteiger partial charge in [-0.15, -0.1) is 10.2 Å². The summed E-state index contributed by atoms with van der Waals surface area (Å²) in [6, 6.07) is 6.03. The molecule has 27 heavy (non-hydrogen) atoms. The molecule has 1 saturated carbocycles. The van der Waals surface area contributed by atoms with Gasteiger partial charge in [0.15, 0.2) is 0 Å². The Hall–Kier alpha value is -2.52. The number of aromatic nitrogens is 3. The largest absolute Gasteiger partial charge is 0.420 e. The smallest absolute Gasteiger partial charge is 0.250 e. The number of aryl methyl sites for hydroxylation is 2. The second kappa shape index (κ2) is 6.58. The number of rotatable bonds is 6. The summed E-state index contributed by atoms with van der Waals surface area (Å²) in [6.07, 6.45) is 2.00. The highest BCUT2D eigenvalue weighted by molar-refractivity contribution is 7.89. The van der Waals surface area contributed by atoms with Gasteiger partial charge in [-0.1, -0.05) is 18.2 Å². The topological polar surface area (TPSA) is 101 Å². The predicted octanol–water partition coefficient (Wildman–Crippen LogP) is 3.18. The summed E-state index contributed by atoms with van der Waals surface area (Å²) in [6.45, 7) is 3.25. The van der Waals surface area contributed by atoms with Gasteiger partial charge < -0.3 is 9.40 Å². The summed E-state index contributed by atoms with van der Waals surface area (Å²) >= 11 is 0. The van der Waals surface area contributed by atoms with Gasteiger partial charge in [-0.2, -0.15) is 0 Å². The van der Waals surface area contributed by atoms with Gasteiger partial charge in [0, 0.05) is 29.4 Å². The fourth-order valence-electron chi connectivity index (χ4n) is 3.07. The summed E-state index contributed by atoms with van der Waals surface area (Å²) in [4.78, 5) is 3.07. The molecular formula is C18H19FN4O3S. The molecule has 2 N–H and O–H groups in total. The van der Waals surface area contributed by atoms with E-state index in [1.165, 1.54) is 12.1 Å². The van der Waals surface area contributed by atoms with E-state index >= 15 is 0 Å². The van der Waals surface area contributed by atoms with Crippen LogP contribution in [0.2, 0.25) is 0 Å². The molecule has 0 bridgehead atoms. The molecule has 9 heteroatoms. The molecule has 0 saturated heterocycles. The van der Waals surface area contributed by atoms with Gasteiger partial charge >= 0.3 is 0 Å². The van der Waals surface area contributed by atoms with E-state index in [9.17, 15) is 12.8 Å². The first-order valence-electron chi connectivity index (χ1n) is 8.63. The van der Waals surface area contributed by atoms with Gasteiger partial charge in [0.25, 0.3) is 5.89 Å². The van der Waals surface area contributed by atoms with E-state index in [-0.39, 0.29) is 28.8 Å². The molecule has 0 amide bonds. The number of nitrogens with zero attached hydrogens (tertiary/aromatic N) is 2. The summed E-state index contributed by atoms with van der Waals surface area (Å²) in [5, 5.41) is 8.08. The Bertz CT molecular complexity index is 1100. The second-order valence-corrected chi connectivity index (χ2v) is 8.42. The Balaban J connectivity index is 1.68. The van der Waals surface area contributed by atoms with E-state index in [4.69, 9.17) is 4.42 Å². The van der Waals surface area contributed by atoms with Gasteiger partial charge in [-0.05, 0) is 32.8 Å². The number of nitrogens with one attached hydrogen (secondary N) is 2. The Labute approximate surface area is 156 Å². The molecule has 2 heterocycles. The summed E-state index contributed by atoms with van der Waals surface area (Å²) < 4.78 is 47.9. The molecule has 0 spiro atoms. The quantitative estimate of drug-likeness (QED) is 0.673. The lowest BCUT2D eigenvalue weighted by Gasteiger charge is -2.09. The minimum absolute atomic E-state index is 0.0438. The first kappa shape index (κ1) is 17.9. The molecular weight excluding hydrogens is 371 g/mol. The number of hydrogen-bond acceptors (Lipinski definition) is 5. The van der Waals surface area contributed by atoms with Crippen molar-refractivity contribution in [2.24, 2.45) is 0 Å². The van der Waals surface area contributed by atoms with Gasteiger partial charge in [-0.25, -0.2) is 17.5 Å². The molecule has 0 atom stereocenters. The lowest BCUT2D eigenvalue weighted by Crippen LogP contribution is -2.24. The van der Waals surface area contributed by atoms with Crippen LogP contribution >= 0.6 is 0 Å². The fraction of sp³-hybridized carbons (Fsp3) is 0.333. The third kappa shape index (κ3) is 3.40. The number of hydrogen-bond donors (Lipinski definition) is 2. The summed E-state index contributed by atoms with van der Waals surface area (Å²) in [7, 11) is -3.93. The van der Waals surface area contributed by atoms with Crippen molar-refractivity contribution >= 4 is 10.0 Å². The van der Waals surface area contributed by atoms with Crippen molar-refractivity contribution in [2.75, 3.05) is 0 Å². The standard InChI is InChI=1S/C18H19FN4O3S/c1-10-15(18-23-22-17(26-18)12-7-8-12)16(11(2)21-10)27(24,25)20-9-13-5-3-4-6-14(13)19/h3-6,12,20-21H,7-9H2,1-2H3. The second-order valence-electron chi connectivity index (χ2n) is 6.71. The third-order valence-electron chi connectivity index (χ3n) is 4.58. The molecule has 2 aromatic heterocycles. The van der Waals surface area contributed by atoms with Crippen molar-refractivity contribution < 1.29 is 17.2 Å². The van der Waals surface area contributed by atoms with Crippen LogP contribution in [0.1, 0.15) is 41.6 Å². The fourth-order valence-corrected chi connectivity index (χ4v) is 4.52. The maximum Gasteiger partial charge on any atom is 0.250 e. The van der Waals surface area contributed by atoms with Crippen LogP contribution in [0.5, 0.6) is 0 Å². The van der Waals surface area contributed by atoms with Crippen LogP contribution in [0.3, 0.4) is 0 Å². The van der Waals surface area contributed by atoms with Crippen molar-refractivity contribution in [2.45, 2.75) is 44.0 Å². The van der Waals surface area contributed by atoms with E-state index in [0.717, 1.165) is 12.8 Å². The lowest BCUT2D eigenvalue weighted by atomic mass is 10.2. The third-order valence-corrected chi connectivity index (χ3v) is 6.15. The molecule has 1 aromatic carbocycles. The maximum absolute atomic E-state index is 13.8. The average molecular weight is 390 g/mol. The average Bonchev–Trinajstić information content (AvgIpc) is 3.27. The highest BCUT2D eigenvalue weighted by atomic mass is 32.2. The Morgan fingerprint density at radius 2 is 1.96 bits per heavy atom. The van der Waals surface area contributed by atoms with Crippen LogP contribution in [-0.4, -0.2) is 23.6 Å². The number of H-pyrrole nitrogens is 1. The molecule has 7 nitrogen and oxygen atoms in total. The minimum Gasteiger partial charge on any atom is -0.420 e. The molecule has 1 aliphatic carbocycles. The first-order chi connectivity index (χ1) is 12.9. The SMILES string of the molecule is Cc1[nH]c(C)c(S(=O)(=O)NCc2ccccc2F)c1-c1nnc(C2CC2)o1. The van der Waals surface area contributed by atoms with Crippen molar-refractivity contribution in [3.05, 3.63) is 52.9 Å². The molecule has 0 unspecified atom stereocenters. The normalized spacial score (nSPS) is 14.6. The molecule has 4 rings (SSSR count). The van der Waals surface area contributed by atoms with E-state index in [1.54, 1.807) is 26.0 Å². The summed E-state index contributed by atoms with van der Waals surface area (Å²) in [5.74, 6) is 0.509. The van der Waals surface area contributed by atoms with E-state index in [2.05, 4.69) is 19.9 Å². The Morgan fingerprint density at radius 1 is 1.22 bits per heavy atom. The van der Waals surface area contributed by atoms with Crippen LogP contribution in [0.15, 0.2) is 33.6 Å². The van der Waals surface area contributed by atoms with Gasteiger partial charge in [0.05, 0.1) is 5.56 Å². The van der Waals surface area contributed by atoms with Crippen molar-refractivity contribution in [3.8, 4) is 11.5 Å². The summed E-state index contributed by atoms with van der Waals surface area (Å²) in [5.41, 5.74) is 1.69.